The zero-order valence-electron chi connectivity index (χ0n) is 27.2. The third-order valence-electron chi connectivity index (χ3n) is 8.78. The number of hydrogen-bond donors (Lipinski definition) is 0. The fourth-order valence-electron chi connectivity index (χ4n) is 6.07. The second-order valence-corrected chi connectivity index (χ2v) is 12.8. The summed E-state index contributed by atoms with van der Waals surface area (Å²) in [5, 5.41) is 2.25. The van der Waals surface area contributed by atoms with E-state index < -0.39 is 0 Å². The Morgan fingerprint density at radius 3 is 2.28 bits per heavy atom. The van der Waals surface area contributed by atoms with Gasteiger partial charge in [0.25, 0.3) is 6.33 Å². The van der Waals surface area contributed by atoms with Crippen molar-refractivity contribution in [2.24, 2.45) is 0 Å². The SMILES string of the molecule is Cc1cc(C)c(C)c(-[n+]2[c-]n(-c3[c-]c(Oc4[c-]c5c(cc4)c4ccccc4n5-c4cc(C(C)(C)C)ccn4)ccc3)cc2)c1C.[Pt]. The van der Waals surface area contributed by atoms with E-state index in [1.807, 2.05) is 47.4 Å². The maximum Gasteiger partial charge on any atom is 0.267 e. The molecule has 4 aromatic carbocycles. The Balaban J connectivity index is 0.00000372. The van der Waals surface area contributed by atoms with Gasteiger partial charge >= 0.3 is 0 Å². The van der Waals surface area contributed by atoms with E-state index in [0.29, 0.717) is 11.5 Å². The number of fused-ring (bicyclic) bond motifs is 3. The van der Waals surface area contributed by atoms with Gasteiger partial charge in [-0.15, -0.1) is 29.7 Å². The number of benzene rings is 4. The standard InChI is InChI=1S/C40H36N4O.Pt/c1-26-21-27(2)29(4)39(28(26)3)43-20-19-42(25-43)31-11-10-12-32(23-31)45-33-15-16-35-34-13-8-9-14-36(34)44(37(35)24-33)38-22-30(17-18-41-38)40(5,6)7;/h8-22H,1-7H3;/q-2;. The van der Waals surface area contributed by atoms with Crippen LogP contribution in [0.3, 0.4) is 0 Å². The van der Waals surface area contributed by atoms with E-state index in [9.17, 15) is 0 Å². The average Bonchev–Trinajstić information content (AvgIpc) is 3.63. The van der Waals surface area contributed by atoms with Gasteiger partial charge in [-0.05, 0) is 79.1 Å². The first-order valence-corrected chi connectivity index (χ1v) is 15.3. The Morgan fingerprint density at radius 1 is 0.783 bits per heavy atom. The minimum Gasteiger partial charge on any atom is -0.510 e. The summed E-state index contributed by atoms with van der Waals surface area (Å²) in [6.07, 6.45) is 9.41. The van der Waals surface area contributed by atoms with Crippen LogP contribution in [-0.2, 0) is 26.5 Å². The van der Waals surface area contributed by atoms with E-state index in [4.69, 9.17) is 9.72 Å². The van der Waals surface area contributed by atoms with Gasteiger partial charge in [0.05, 0.1) is 5.69 Å². The van der Waals surface area contributed by atoms with Crippen molar-refractivity contribution in [1.82, 2.24) is 14.1 Å². The summed E-state index contributed by atoms with van der Waals surface area (Å²) in [7, 11) is 0. The van der Waals surface area contributed by atoms with Gasteiger partial charge in [0.2, 0.25) is 0 Å². The molecule has 0 bridgehead atoms. The molecule has 0 fully saturated rings. The third kappa shape index (κ3) is 5.58. The number of imidazole rings is 1. The first-order valence-electron chi connectivity index (χ1n) is 15.3. The predicted octanol–water partition coefficient (Wildman–Crippen LogP) is 8.97. The molecule has 0 atom stereocenters. The average molecular weight is 784 g/mol. The van der Waals surface area contributed by atoms with Crippen LogP contribution in [0.2, 0.25) is 0 Å². The van der Waals surface area contributed by atoms with Crippen LogP contribution in [0, 0.1) is 46.2 Å². The summed E-state index contributed by atoms with van der Waals surface area (Å²) >= 11 is 0. The maximum absolute atomic E-state index is 6.40. The van der Waals surface area contributed by atoms with E-state index in [2.05, 4.69) is 125 Å². The number of hydrogen-bond acceptors (Lipinski definition) is 2. The molecule has 3 heterocycles. The molecule has 0 aliphatic rings. The topological polar surface area (TPSA) is 35.9 Å². The van der Waals surface area contributed by atoms with Crippen molar-refractivity contribution in [3.63, 3.8) is 0 Å². The fraction of sp³-hybridized carbons (Fsp3) is 0.200. The first-order chi connectivity index (χ1) is 21.6. The molecule has 0 unspecified atom stereocenters. The molecule has 0 saturated carbocycles. The number of aryl methyl sites for hydroxylation is 2. The molecule has 234 valence electrons. The van der Waals surface area contributed by atoms with Crippen LogP contribution in [0.25, 0.3) is 39.0 Å². The number of nitrogens with zero attached hydrogens (tertiary/aromatic N) is 4. The van der Waals surface area contributed by atoms with Crippen molar-refractivity contribution >= 4 is 21.8 Å². The Hall–Kier alpha value is -4.47. The van der Waals surface area contributed by atoms with Crippen LogP contribution >= 0.6 is 0 Å². The molecule has 0 saturated heterocycles. The summed E-state index contributed by atoms with van der Waals surface area (Å²) in [6, 6.07) is 31.9. The van der Waals surface area contributed by atoms with Crippen molar-refractivity contribution in [3.05, 3.63) is 138 Å². The summed E-state index contributed by atoms with van der Waals surface area (Å²) in [5.41, 5.74) is 10.3. The number of ether oxygens (including phenoxy) is 1. The van der Waals surface area contributed by atoms with Gasteiger partial charge < -0.3 is 13.9 Å². The van der Waals surface area contributed by atoms with Crippen LogP contribution in [0.4, 0.5) is 0 Å². The van der Waals surface area contributed by atoms with Gasteiger partial charge in [0.1, 0.15) is 5.82 Å². The Kier molecular flexibility index (Phi) is 8.25. The number of pyridine rings is 1. The molecular formula is C40H36N4OPt-2. The van der Waals surface area contributed by atoms with Gasteiger partial charge in [-0.3, -0.25) is 4.57 Å². The van der Waals surface area contributed by atoms with Crippen molar-refractivity contribution in [2.45, 2.75) is 53.9 Å². The maximum atomic E-state index is 6.40. The first kappa shape index (κ1) is 31.5. The second-order valence-electron chi connectivity index (χ2n) is 12.8. The van der Waals surface area contributed by atoms with Gasteiger partial charge in [-0.2, -0.15) is 18.2 Å². The summed E-state index contributed by atoms with van der Waals surface area (Å²) in [5.74, 6) is 2.08. The largest absolute Gasteiger partial charge is 0.510 e. The third-order valence-corrected chi connectivity index (χ3v) is 8.78. The molecular weight excluding hydrogens is 748 g/mol. The monoisotopic (exact) mass is 783 g/mol. The molecule has 6 heteroatoms. The molecule has 46 heavy (non-hydrogen) atoms. The Bertz CT molecular complexity index is 2210. The molecule has 0 amide bonds. The van der Waals surface area contributed by atoms with E-state index in [1.165, 1.54) is 33.5 Å². The summed E-state index contributed by atoms with van der Waals surface area (Å²) < 4.78 is 12.6. The predicted molar refractivity (Wildman–Crippen MR) is 180 cm³/mol. The van der Waals surface area contributed by atoms with Crippen molar-refractivity contribution in [3.8, 4) is 28.7 Å². The normalized spacial score (nSPS) is 11.6. The van der Waals surface area contributed by atoms with Crippen LogP contribution in [0.15, 0.2) is 91.4 Å². The zero-order chi connectivity index (χ0) is 31.5. The van der Waals surface area contributed by atoms with Crippen molar-refractivity contribution in [2.75, 3.05) is 0 Å². The van der Waals surface area contributed by atoms with Crippen molar-refractivity contribution < 1.29 is 30.4 Å². The molecule has 3 aromatic heterocycles. The van der Waals surface area contributed by atoms with Gasteiger partial charge in [-0.25, -0.2) is 4.98 Å². The molecule has 0 N–H and O–H groups in total. The molecule has 0 radical (unpaired) electrons. The summed E-state index contributed by atoms with van der Waals surface area (Å²) in [6.45, 7) is 15.3. The van der Waals surface area contributed by atoms with E-state index in [1.54, 1.807) is 0 Å². The molecule has 7 aromatic rings. The number of para-hydroxylation sites is 1. The van der Waals surface area contributed by atoms with Crippen LogP contribution in [-0.4, -0.2) is 14.1 Å². The number of rotatable bonds is 5. The van der Waals surface area contributed by atoms with Crippen LogP contribution in [0.5, 0.6) is 11.5 Å². The summed E-state index contributed by atoms with van der Waals surface area (Å²) in [4.78, 5) is 4.79. The molecule has 5 nitrogen and oxygen atoms in total. The zero-order valence-corrected chi connectivity index (χ0v) is 29.4. The minimum atomic E-state index is 0. The molecule has 0 aliphatic carbocycles. The van der Waals surface area contributed by atoms with Gasteiger partial charge in [0, 0.05) is 56.7 Å². The quantitative estimate of drug-likeness (QED) is 0.129. The Labute approximate surface area is 285 Å². The van der Waals surface area contributed by atoms with Crippen LogP contribution < -0.4 is 9.30 Å². The van der Waals surface area contributed by atoms with E-state index >= 15 is 0 Å². The fourth-order valence-corrected chi connectivity index (χ4v) is 6.07. The Morgan fingerprint density at radius 2 is 1.52 bits per heavy atom. The second kappa shape index (κ2) is 12.0. The van der Waals surface area contributed by atoms with E-state index in [-0.39, 0.29) is 26.5 Å². The smallest absolute Gasteiger partial charge is 0.267 e. The number of aromatic nitrogens is 4. The van der Waals surface area contributed by atoms with Gasteiger partial charge in [-0.1, -0.05) is 61.7 Å². The van der Waals surface area contributed by atoms with Crippen LogP contribution in [0.1, 0.15) is 48.6 Å². The molecule has 0 aliphatic heterocycles. The van der Waals surface area contributed by atoms with Crippen molar-refractivity contribution in [1.29, 1.82) is 0 Å². The van der Waals surface area contributed by atoms with E-state index in [0.717, 1.165) is 33.3 Å². The molecule has 0 spiro atoms. The molecule has 7 rings (SSSR count). The minimum absolute atomic E-state index is 0. The van der Waals surface area contributed by atoms with Gasteiger partial charge in [0.15, 0.2) is 0 Å².